The quantitative estimate of drug-likeness (QED) is 0.777. The van der Waals surface area contributed by atoms with Crippen molar-refractivity contribution < 1.29 is 19.2 Å². The lowest BCUT2D eigenvalue weighted by molar-refractivity contribution is -0.149. The molecule has 2 heterocycles. The maximum Gasteiger partial charge on any atom is 0.332 e. The van der Waals surface area contributed by atoms with Crippen LogP contribution in [0.2, 0.25) is 5.02 Å². The summed E-state index contributed by atoms with van der Waals surface area (Å²) in [6, 6.07) is 7.57. The standard InChI is InChI=1S/C19H23ClN2O5/c1-26-14(12-21-10-6-3-7-11-21)16(19(24)25)22-18(23)15(20)17(27-22)13-8-4-2-5-9-13/h2,4-5,8-9,14,16H,3,6-7,10-12H2,1H3,(H,24,25). The number of piperidine rings is 1. The van der Waals surface area contributed by atoms with Gasteiger partial charge in [-0.2, -0.15) is 4.74 Å². The minimum absolute atomic E-state index is 0.139. The summed E-state index contributed by atoms with van der Waals surface area (Å²) in [7, 11) is 1.44. The second kappa shape index (κ2) is 8.73. The zero-order chi connectivity index (χ0) is 19.4. The SMILES string of the molecule is COC(CN1CCCCC1)C(C(=O)O)n1oc(-c2ccccc2)c(Cl)c1=O. The number of hydrogen-bond acceptors (Lipinski definition) is 5. The van der Waals surface area contributed by atoms with E-state index in [4.69, 9.17) is 20.9 Å². The van der Waals surface area contributed by atoms with Crippen molar-refractivity contribution in [3.05, 3.63) is 45.7 Å². The third-order valence-electron chi connectivity index (χ3n) is 4.86. The highest BCUT2D eigenvalue weighted by molar-refractivity contribution is 6.32. The third kappa shape index (κ3) is 4.26. The fourth-order valence-electron chi connectivity index (χ4n) is 3.44. The molecule has 0 amide bonds. The summed E-state index contributed by atoms with van der Waals surface area (Å²) in [6.07, 6.45) is 2.56. The molecule has 1 N–H and O–H groups in total. The number of benzene rings is 1. The van der Waals surface area contributed by atoms with Crippen LogP contribution in [0.15, 0.2) is 39.6 Å². The van der Waals surface area contributed by atoms with E-state index in [1.807, 2.05) is 6.07 Å². The first-order valence-corrected chi connectivity index (χ1v) is 9.35. The molecule has 0 radical (unpaired) electrons. The lowest BCUT2D eigenvalue weighted by atomic mass is 10.1. The van der Waals surface area contributed by atoms with Crippen LogP contribution in [0.3, 0.4) is 0 Å². The second-order valence-electron chi connectivity index (χ2n) is 6.65. The van der Waals surface area contributed by atoms with Crippen molar-refractivity contribution in [3.63, 3.8) is 0 Å². The molecule has 1 aromatic carbocycles. The van der Waals surface area contributed by atoms with Gasteiger partial charge in [0.25, 0.3) is 0 Å². The van der Waals surface area contributed by atoms with Gasteiger partial charge in [0.15, 0.2) is 16.8 Å². The molecule has 2 aromatic rings. The van der Waals surface area contributed by atoms with E-state index in [-0.39, 0.29) is 10.8 Å². The summed E-state index contributed by atoms with van der Waals surface area (Å²) in [6.45, 7) is 2.17. The Bertz CT molecular complexity index is 826. The largest absolute Gasteiger partial charge is 0.480 e. The minimum Gasteiger partial charge on any atom is -0.480 e. The third-order valence-corrected chi connectivity index (χ3v) is 5.19. The van der Waals surface area contributed by atoms with Gasteiger partial charge in [0, 0.05) is 19.2 Å². The summed E-state index contributed by atoms with van der Waals surface area (Å²) >= 11 is 6.17. The van der Waals surface area contributed by atoms with Crippen molar-refractivity contribution in [1.82, 2.24) is 9.64 Å². The van der Waals surface area contributed by atoms with Crippen LogP contribution in [0, 0.1) is 0 Å². The highest BCUT2D eigenvalue weighted by Crippen LogP contribution is 2.28. The van der Waals surface area contributed by atoms with Gasteiger partial charge < -0.3 is 19.3 Å². The smallest absolute Gasteiger partial charge is 0.332 e. The molecule has 1 fully saturated rings. The summed E-state index contributed by atoms with van der Waals surface area (Å²) in [5.41, 5.74) is -0.0731. The number of ether oxygens (including phenoxy) is 1. The number of aromatic nitrogens is 1. The molecule has 0 bridgehead atoms. The first-order valence-electron chi connectivity index (χ1n) is 8.97. The van der Waals surface area contributed by atoms with Gasteiger partial charge in [-0.1, -0.05) is 48.4 Å². The van der Waals surface area contributed by atoms with Crippen molar-refractivity contribution >= 4 is 17.6 Å². The van der Waals surface area contributed by atoms with E-state index in [1.165, 1.54) is 13.5 Å². The van der Waals surface area contributed by atoms with E-state index in [1.54, 1.807) is 24.3 Å². The molecule has 146 valence electrons. The molecule has 0 aliphatic carbocycles. The predicted molar refractivity (Wildman–Crippen MR) is 101 cm³/mol. The van der Waals surface area contributed by atoms with Gasteiger partial charge in [-0.25, -0.2) is 4.79 Å². The molecular weight excluding hydrogens is 372 g/mol. The van der Waals surface area contributed by atoms with Gasteiger partial charge in [-0.3, -0.25) is 4.79 Å². The molecule has 2 unspecified atom stereocenters. The number of carbonyl (C=O) groups is 1. The van der Waals surface area contributed by atoms with Gasteiger partial charge in [0.2, 0.25) is 0 Å². The maximum atomic E-state index is 12.6. The minimum atomic E-state index is -1.31. The second-order valence-corrected chi connectivity index (χ2v) is 7.03. The Morgan fingerprint density at radius 2 is 1.93 bits per heavy atom. The predicted octanol–water partition coefficient (Wildman–Crippen LogP) is 2.89. The molecule has 0 spiro atoms. The number of carboxylic acids is 1. The summed E-state index contributed by atoms with van der Waals surface area (Å²) < 4.78 is 11.9. The molecule has 1 aliphatic heterocycles. The number of aliphatic carboxylic acids is 1. The first-order chi connectivity index (χ1) is 13.0. The highest BCUT2D eigenvalue weighted by Gasteiger charge is 2.36. The van der Waals surface area contributed by atoms with E-state index in [0.29, 0.717) is 12.1 Å². The molecule has 7 nitrogen and oxygen atoms in total. The number of likely N-dealkylation sites (tertiary alicyclic amines) is 1. The van der Waals surface area contributed by atoms with E-state index in [2.05, 4.69) is 4.90 Å². The van der Waals surface area contributed by atoms with E-state index in [0.717, 1.165) is 30.7 Å². The molecule has 1 aromatic heterocycles. The summed E-state index contributed by atoms with van der Waals surface area (Å²) in [4.78, 5) is 26.8. The number of rotatable bonds is 7. The molecule has 8 heteroatoms. The molecule has 0 saturated carbocycles. The Morgan fingerprint density at radius 1 is 1.26 bits per heavy atom. The topological polar surface area (TPSA) is 84.9 Å². The molecular formula is C19H23ClN2O5. The van der Waals surface area contributed by atoms with Gasteiger partial charge >= 0.3 is 11.5 Å². The molecule has 2 atom stereocenters. The van der Waals surface area contributed by atoms with Crippen LogP contribution in [-0.4, -0.2) is 53.6 Å². The Hall–Kier alpha value is -2.09. The van der Waals surface area contributed by atoms with Gasteiger partial charge in [-0.05, 0) is 25.9 Å². The highest BCUT2D eigenvalue weighted by atomic mass is 35.5. The Kier molecular flexibility index (Phi) is 6.36. The number of hydrogen-bond donors (Lipinski definition) is 1. The molecule has 3 rings (SSSR count). The van der Waals surface area contributed by atoms with Gasteiger partial charge in [0.05, 0.1) is 0 Å². The van der Waals surface area contributed by atoms with Crippen LogP contribution in [0.5, 0.6) is 0 Å². The average Bonchev–Trinajstić information content (AvgIpc) is 2.97. The molecule has 1 saturated heterocycles. The number of halogens is 1. The number of methoxy groups -OCH3 is 1. The lowest BCUT2D eigenvalue weighted by Crippen LogP contribution is -2.45. The average molecular weight is 395 g/mol. The van der Waals surface area contributed by atoms with Crippen molar-refractivity contribution in [1.29, 1.82) is 0 Å². The fraction of sp³-hybridized carbons (Fsp3) is 0.474. The van der Waals surface area contributed by atoms with Crippen molar-refractivity contribution in [2.24, 2.45) is 0 Å². The van der Waals surface area contributed by atoms with Crippen LogP contribution in [0.25, 0.3) is 11.3 Å². The first kappa shape index (κ1) is 19.7. The Labute approximate surface area is 162 Å². The maximum absolute atomic E-state index is 12.6. The van der Waals surface area contributed by atoms with Crippen LogP contribution in [0.4, 0.5) is 0 Å². The van der Waals surface area contributed by atoms with Crippen molar-refractivity contribution in [3.8, 4) is 11.3 Å². The van der Waals surface area contributed by atoms with Crippen LogP contribution in [-0.2, 0) is 9.53 Å². The monoisotopic (exact) mass is 394 g/mol. The van der Waals surface area contributed by atoms with E-state index < -0.39 is 23.7 Å². The summed E-state index contributed by atoms with van der Waals surface area (Å²) in [5, 5.41) is 9.65. The Balaban J connectivity index is 1.94. The van der Waals surface area contributed by atoms with E-state index >= 15 is 0 Å². The Morgan fingerprint density at radius 3 is 2.52 bits per heavy atom. The van der Waals surface area contributed by atoms with E-state index in [9.17, 15) is 14.7 Å². The van der Waals surface area contributed by atoms with Crippen LogP contribution >= 0.6 is 11.6 Å². The fourth-order valence-corrected chi connectivity index (χ4v) is 3.66. The number of carboxylic acid groups (broad SMARTS) is 1. The summed E-state index contributed by atoms with van der Waals surface area (Å²) in [5.74, 6) is -1.05. The van der Waals surface area contributed by atoms with Gasteiger partial charge in [-0.15, -0.1) is 0 Å². The zero-order valence-corrected chi connectivity index (χ0v) is 15.9. The van der Waals surface area contributed by atoms with Crippen LogP contribution in [0.1, 0.15) is 25.3 Å². The van der Waals surface area contributed by atoms with Gasteiger partial charge in [0.1, 0.15) is 6.10 Å². The normalized spacial score (nSPS) is 17.6. The zero-order valence-electron chi connectivity index (χ0n) is 15.1. The van der Waals surface area contributed by atoms with Crippen molar-refractivity contribution in [2.75, 3.05) is 26.7 Å². The molecule has 27 heavy (non-hydrogen) atoms. The molecule has 1 aliphatic rings. The number of nitrogens with zero attached hydrogens (tertiary/aromatic N) is 2. The van der Waals surface area contributed by atoms with Crippen molar-refractivity contribution in [2.45, 2.75) is 31.4 Å². The van der Waals surface area contributed by atoms with Crippen LogP contribution < -0.4 is 5.56 Å². The lowest BCUT2D eigenvalue weighted by Gasteiger charge is -2.31.